The molecule has 65 heavy (non-hydrogen) atoms. The Labute approximate surface area is 398 Å². The fourth-order valence-electron chi connectivity index (χ4n) is 5.90. The first-order valence-corrected chi connectivity index (χ1v) is 25.8. The lowest BCUT2D eigenvalue weighted by atomic mass is 10.1. The maximum absolute atomic E-state index is 10.3. The van der Waals surface area contributed by atoms with E-state index in [9.17, 15) is 19.2 Å². The summed E-state index contributed by atoms with van der Waals surface area (Å²) in [5.41, 5.74) is 20.4. The fraction of sp³-hybridized carbons (Fsp3) is 0.774. The average molecular weight is 925 g/mol. The highest BCUT2D eigenvalue weighted by atomic mass is 16.4. The predicted molar refractivity (Wildman–Crippen MR) is 276 cm³/mol. The SMILES string of the molecule is CCCCC/C=C\C/C=C\CCCCCCCC(=O)O.CCCCC/C=C\C/C=C\CCCCCCCC(=O)O.NCCCCCCN.NCCN.O=C(O)CCCCCCCC(=O)O. The van der Waals surface area contributed by atoms with Gasteiger partial charge in [0.1, 0.15) is 0 Å². The fourth-order valence-corrected chi connectivity index (χ4v) is 5.90. The molecule has 0 atom stereocenters. The van der Waals surface area contributed by atoms with Crippen LogP contribution in [0.2, 0.25) is 0 Å². The number of carboxylic acid groups (broad SMARTS) is 4. The van der Waals surface area contributed by atoms with Crippen LogP contribution in [0, 0.1) is 0 Å². The van der Waals surface area contributed by atoms with Crippen molar-refractivity contribution in [3.05, 3.63) is 48.6 Å². The first-order valence-electron chi connectivity index (χ1n) is 25.8. The van der Waals surface area contributed by atoms with Crippen LogP contribution in [0.5, 0.6) is 0 Å². The summed E-state index contributed by atoms with van der Waals surface area (Å²) in [6, 6.07) is 0. The van der Waals surface area contributed by atoms with E-state index >= 15 is 0 Å². The van der Waals surface area contributed by atoms with Crippen molar-refractivity contribution in [1.29, 1.82) is 0 Å². The van der Waals surface area contributed by atoms with E-state index in [2.05, 4.69) is 62.5 Å². The second-order valence-corrected chi connectivity index (χ2v) is 16.4. The monoisotopic (exact) mass is 925 g/mol. The molecule has 0 aromatic rings. The van der Waals surface area contributed by atoms with Gasteiger partial charge >= 0.3 is 23.9 Å². The van der Waals surface area contributed by atoms with E-state index in [0.717, 1.165) is 96.6 Å². The highest BCUT2D eigenvalue weighted by Gasteiger charge is 1.99. The minimum atomic E-state index is -0.759. The van der Waals surface area contributed by atoms with Crippen LogP contribution in [0.1, 0.15) is 239 Å². The Morgan fingerprint density at radius 2 is 0.508 bits per heavy atom. The van der Waals surface area contributed by atoms with Crippen LogP contribution < -0.4 is 22.9 Å². The van der Waals surface area contributed by atoms with Gasteiger partial charge in [-0.2, -0.15) is 0 Å². The molecule has 0 aromatic carbocycles. The summed E-state index contributed by atoms with van der Waals surface area (Å²) < 4.78 is 0. The molecule has 12 nitrogen and oxygen atoms in total. The van der Waals surface area contributed by atoms with Gasteiger partial charge in [0.05, 0.1) is 0 Å². The molecule has 0 radical (unpaired) electrons. The molecule has 384 valence electrons. The minimum Gasteiger partial charge on any atom is -0.481 e. The van der Waals surface area contributed by atoms with E-state index in [-0.39, 0.29) is 12.8 Å². The summed E-state index contributed by atoms with van der Waals surface area (Å²) in [6.07, 6.45) is 53.9. The zero-order valence-electron chi connectivity index (χ0n) is 41.9. The summed E-state index contributed by atoms with van der Waals surface area (Å²) in [7, 11) is 0. The van der Waals surface area contributed by atoms with Crippen LogP contribution in [0.3, 0.4) is 0 Å². The minimum absolute atomic E-state index is 0.221. The normalized spacial score (nSPS) is 10.8. The molecule has 0 aromatic heterocycles. The molecule has 0 aliphatic heterocycles. The topological polar surface area (TPSA) is 253 Å². The number of aliphatic carboxylic acids is 4. The van der Waals surface area contributed by atoms with Gasteiger partial charge < -0.3 is 43.4 Å². The molecule has 0 aliphatic carbocycles. The largest absolute Gasteiger partial charge is 0.481 e. The van der Waals surface area contributed by atoms with Crippen molar-refractivity contribution in [3.8, 4) is 0 Å². The third-order valence-corrected chi connectivity index (χ3v) is 9.79. The zero-order chi connectivity index (χ0) is 49.5. The highest BCUT2D eigenvalue weighted by molar-refractivity contribution is 5.67. The lowest BCUT2D eigenvalue weighted by Gasteiger charge is -1.98. The second kappa shape index (κ2) is 69.7. The average Bonchev–Trinajstić information content (AvgIpc) is 3.28. The van der Waals surface area contributed by atoms with Crippen molar-refractivity contribution in [3.63, 3.8) is 0 Å². The molecule has 12 N–H and O–H groups in total. The first-order chi connectivity index (χ1) is 31.5. The van der Waals surface area contributed by atoms with Gasteiger partial charge in [-0.3, -0.25) is 19.2 Å². The number of carbonyl (C=O) groups is 4. The van der Waals surface area contributed by atoms with Crippen LogP contribution in [0.4, 0.5) is 0 Å². The lowest BCUT2D eigenvalue weighted by molar-refractivity contribution is -0.138. The molecule has 0 aliphatic rings. The molecule has 0 saturated heterocycles. The Hall–Kier alpha value is -3.32. The van der Waals surface area contributed by atoms with Gasteiger partial charge in [0, 0.05) is 38.8 Å². The number of rotatable bonds is 42. The number of unbranched alkanes of at least 4 members (excludes halogenated alkanes) is 23. The molecular formula is C53H104N4O8. The van der Waals surface area contributed by atoms with Crippen molar-refractivity contribution < 1.29 is 39.6 Å². The zero-order valence-corrected chi connectivity index (χ0v) is 41.9. The van der Waals surface area contributed by atoms with Gasteiger partial charge in [-0.15, -0.1) is 0 Å². The van der Waals surface area contributed by atoms with Crippen LogP contribution in [0.25, 0.3) is 0 Å². The number of hydrogen-bond acceptors (Lipinski definition) is 8. The van der Waals surface area contributed by atoms with Gasteiger partial charge in [-0.05, 0) is 116 Å². The smallest absolute Gasteiger partial charge is 0.303 e. The van der Waals surface area contributed by atoms with E-state index in [0.29, 0.717) is 38.8 Å². The number of hydrogen-bond donors (Lipinski definition) is 8. The molecule has 0 fully saturated rings. The summed E-state index contributed by atoms with van der Waals surface area (Å²) in [5.74, 6) is -2.86. The Morgan fingerprint density at radius 3 is 0.723 bits per heavy atom. The molecule has 0 rings (SSSR count). The van der Waals surface area contributed by atoms with Crippen molar-refractivity contribution in [2.45, 2.75) is 239 Å². The third-order valence-electron chi connectivity index (χ3n) is 9.79. The molecule has 0 heterocycles. The first kappa shape index (κ1) is 70.7. The number of nitrogens with two attached hydrogens (primary N) is 4. The molecular weight excluding hydrogens is 821 g/mol. The van der Waals surface area contributed by atoms with Gasteiger partial charge in [0.2, 0.25) is 0 Å². The Bertz CT molecular complexity index is 1000. The molecule has 0 unspecified atom stereocenters. The van der Waals surface area contributed by atoms with Crippen molar-refractivity contribution >= 4 is 23.9 Å². The highest BCUT2D eigenvalue weighted by Crippen LogP contribution is 2.10. The standard InChI is InChI=1S/2C18H32O2.C9H16O4.C6H16N2.C2H8N2/c2*1-2-3-4-5-6-7-8-9-10-11-12-13-14-15-16-17-18(19)20;10-8(11)6-4-2-1-3-5-7-9(12)13;7-5-3-1-2-4-6-8;3-1-2-4/h2*6-7,9-10H,2-5,8,11-17H2,1H3,(H,19,20);1-7H2,(H,10,11)(H,12,13);1-8H2;1-4H2/b2*7-6-,10-9-;;;. The summed E-state index contributed by atoms with van der Waals surface area (Å²) in [6.45, 7) is 7.31. The third kappa shape index (κ3) is 95.9. The van der Waals surface area contributed by atoms with Gasteiger partial charge in [0.15, 0.2) is 0 Å². The van der Waals surface area contributed by atoms with Crippen molar-refractivity contribution in [2.24, 2.45) is 22.9 Å². The molecule has 0 amide bonds. The summed E-state index contributed by atoms with van der Waals surface area (Å²) >= 11 is 0. The van der Waals surface area contributed by atoms with Crippen molar-refractivity contribution in [2.75, 3.05) is 26.2 Å². The molecule has 0 bridgehead atoms. The summed E-state index contributed by atoms with van der Waals surface area (Å²) in [5, 5.41) is 33.6. The number of allylic oxidation sites excluding steroid dienone is 8. The van der Waals surface area contributed by atoms with E-state index in [1.54, 1.807) is 0 Å². The van der Waals surface area contributed by atoms with Crippen molar-refractivity contribution in [1.82, 2.24) is 0 Å². The van der Waals surface area contributed by atoms with Crippen LogP contribution in [0.15, 0.2) is 48.6 Å². The summed E-state index contributed by atoms with van der Waals surface area (Å²) in [4.78, 5) is 40.8. The van der Waals surface area contributed by atoms with Gasteiger partial charge in [0.25, 0.3) is 0 Å². The predicted octanol–water partition coefficient (Wildman–Crippen LogP) is 13.0. The molecule has 0 saturated carbocycles. The van der Waals surface area contributed by atoms with E-state index in [1.807, 2.05) is 0 Å². The van der Waals surface area contributed by atoms with Gasteiger partial charge in [-0.25, -0.2) is 0 Å². The van der Waals surface area contributed by atoms with Gasteiger partial charge in [-0.1, -0.05) is 159 Å². The van der Waals surface area contributed by atoms with Crippen LogP contribution in [-0.4, -0.2) is 70.5 Å². The van der Waals surface area contributed by atoms with Crippen LogP contribution >= 0.6 is 0 Å². The number of carboxylic acids is 4. The Kier molecular flexibility index (Phi) is 75.8. The Balaban J connectivity index is -0.000000249. The van der Waals surface area contributed by atoms with Crippen LogP contribution in [-0.2, 0) is 19.2 Å². The maximum Gasteiger partial charge on any atom is 0.303 e. The second-order valence-electron chi connectivity index (χ2n) is 16.4. The lowest BCUT2D eigenvalue weighted by Crippen LogP contribution is -2.11. The quantitative estimate of drug-likeness (QED) is 0.0210. The molecule has 0 spiro atoms. The molecule has 12 heteroatoms. The van der Waals surface area contributed by atoms with E-state index in [1.165, 1.54) is 103 Å². The van der Waals surface area contributed by atoms with E-state index < -0.39 is 23.9 Å². The Morgan fingerprint density at radius 1 is 0.292 bits per heavy atom. The van der Waals surface area contributed by atoms with E-state index in [4.69, 9.17) is 43.4 Å². The maximum atomic E-state index is 10.3.